The van der Waals surface area contributed by atoms with Gasteiger partial charge >= 0.3 is 0 Å². The normalized spacial score (nSPS) is 10.8. The second kappa shape index (κ2) is 7.66. The van der Waals surface area contributed by atoms with Gasteiger partial charge in [0.15, 0.2) is 0 Å². The molecule has 134 valence electrons. The SMILES string of the molecule is Cc1cc(C)n(Cc2cccc(C(=O)NCc3cc(F)cnc3Cl)c2)n1. The number of aromatic nitrogens is 3. The van der Waals surface area contributed by atoms with Gasteiger partial charge < -0.3 is 5.32 Å². The first kappa shape index (κ1) is 18.1. The van der Waals surface area contributed by atoms with Gasteiger partial charge in [0, 0.05) is 23.4 Å². The summed E-state index contributed by atoms with van der Waals surface area (Å²) >= 11 is 5.92. The van der Waals surface area contributed by atoms with Crippen molar-refractivity contribution in [3.8, 4) is 0 Å². The van der Waals surface area contributed by atoms with E-state index in [4.69, 9.17) is 11.6 Å². The van der Waals surface area contributed by atoms with Crippen molar-refractivity contribution in [1.82, 2.24) is 20.1 Å². The second-order valence-electron chi connectivity index (χ2n) is 6.07. The zero-order valence-electron chi connectivity index (χ0n) is 14.5. The van der Waals surface area contributed by atoms with Gasteiger partial charge in [-0.1, -0.05) is 23.7 Å². The lowest BCUT2D eigenvalue weighted by atomic mass is 10.1. The van der Waals surface area contributed by atoms with Crippen LogP contribution in [-0.4, -0.2) is 20.7 Å². The molecular formula is C19H18ClFN4O. The summed E-state index contributed by atoms with van der Waals surface area (Å²) in [5.74, 6) is -0.758. The Hall–Kier alpha value is -2.73. The number of amides is 1. The Morgan fingerprint density at radius 3 is 2.81 bits per heavy atom. The average Bonchev–Trinajstić information content (AvgIpc) is 2.93. The molecule has 3 rings (SSSR count). The summed E-state index contributed by atoms with van der Waals surface area (Å²) < 4.78 is 15.1. The Balaban J connectivity index is 1.70. The van der Waals surface area contributed by atoms with E-state index in [2.05, 4.69) is 15.4 Å². The summed E-state index contributed by atoms with van der Waals surface area (Å²) in [6.45, 7) is 4.62. The van der Waals surface area contributed by atoms with E-state index in [0.717, 1.165) is 23.1 Å². The number of hydrogen-bond donors (Lipinski definition) is 1. The number of carbonyl (C=O) groups is 1. The minimum atomic E-state index is -0.495. The number of nitrogens with one attached hydrogen (secondary N) is 1. The molecule has 0 aliphatic heterocycles. The molecule has 0 fully saturated rings. The molecule has 1 amide bonds. The molecule has 0 aliphatic carbocycles. The largest absolute Gasteiger partial charge is 0.348 e. The van der Waals surface area contributed by atoms with Crippen molar-refractivity contribution in [2.24, 2.45) is 0 Å². The summed E-state index contributed by atoms with van der Waals surface area (Å²) in [6, 6.07) is 10.6. The molecule has 7 heteroatoms. The number of halogens is 2. The van der Waals surface area contributed by atoms with E-state index in [1.165, 1.54) is 6.07 Å². The first-order valence-electron chi connectivity index (χ1n) is 8.10. The van der Waals surface area contributed by atoms with Crippen LogP contribution in [0.15, 0.2) is 42.6 Å². The number of aryl methyl sites for hydroxylation is 2. The molecule has 3 aromatic rings. The zero-order valence-corrected chi connectivity index (χ0v) is 15.2. The maximum Gasteiger partial charge on any atom is 0.251 e. The Kier molecular flexibility index (Phi) is 5.32. The van der Waals surface area contributed by atoms with Gasteiger partial charge in [-0.3, -0.25) is 9.48 Å². The molecule has 0 radical (unpaired) electrons. The van der Waals surface area contributed by atoms with E-state index < -0.39 is 5.82 Å². The van der Waals surface area contributed by atoms with E-state index >= 15 is 0 Å². The van der Waals surface area contributed by atoms with Crippen LogP contribution in [0.5, 0.6) is 0 Å². The molecular weight excluding hydrogens is 355 g/mol. The summed E-state index contributed by atoms with van der Waals surface area (Å²) in [4.78, 5) is 16.1. The van der Waals surface area contributed by atoms with Crippen LogP contribution in [0.25, 0.3) is 0 Å². The minimum absolute atomic E-state index is 0.101. The lowest BCUT2D eigenvalue weighted by Gasteiger charge is -2.09. The Bertz CT molecular complexity index is 954. The third-order valence-corrected chi connectivity index (χ3v) is 4.28. The average molecular weight is 373 g/mol. The van der Waals surface area contributed by atoms with Crippen molar-refractivity contribution >= 4 is 17.5 Å². The minimum Gasteiger partial charge on any atom is -0.348 e. The van der Waals surface area contributed by atoms with Crippen LogP contribution >= 0.6 is 11.6 Å². The standard InChI is InChI=1S/C19H18ClFN4O/c1-12-6-13(2)25(24-12)11-14-4-3-5-15(7-14)19(26)23-9-16-8-17(21)10-22-18(16)20/h3-8,10H,9,11H2,1-2H3,(H,23,26). The maximum atomic E-state index is 13.2. The second-order valence-corrected chi connectivity index (χ2v) is 6.43. The van der Waals surface area contributed by atoms with E-state index in [-0.39, 0.29) is 17.6 Å². The molecule has 1 N–H and O–H groups in total. The predicted molar refractivity (Wildman–Crippen MR) is 97.6 cm³/mol. The Morgan fingerprint density at radius 1 is 1.27 bits per heavy atom. The molecule has 26 heavy (non-hydrogen) atoms. The highest BCUT2D eigenvalue weighted by Crippen LogP contribution is 2.14. The van der Waals surface area contributed by atoms with Gasteiger partial charge in [-0.05, 0) is 43.7 Å². The number of carbonyl (C=O) groups excluding carboxylic acids is 1. The smallest absolute Gasteiger partial charge is 0.251 e. The maximum absolute atomic E-state index is 13.2. The third kappa shape index (κ3) is 4.26. The molecule has 2 heterocycles. The molecule has 0 saturated carbocycles. The molecule has 0 unspecified atom stereocenters. The van der Waals surface area contributed by atoms with Gasteiger partial charge in [0.25, 0.3) is 5.91 Å². The molecule has 0 bridgehead atoms. The van der Waals surface area contributed by atoms with Crippen LogP contribution in [0.1, 0.15) is 32.9 Å². The van der Waals surface area contributed by atoms with Crippen molar-refractivity contribution in [1.29, 1.82) is 0 Å². The molecule has 0 atom stereocenters. The monoisotopic (exact) mass is 372 g/mol. The fourth-order valence-electron chi connectivity index (χ4n) is 2.68. The Labute approximate surface area is 155 Å². The van der Waals surface area contributed by atoms with Gasteiger partial charge in [-0.15, -0.1) is 0 Å². The van der Waals surface area contributed by atoms with Crippen LogP contribution in [0.4, 0.5) is 4.39 Å². The van der Waals surface area contributed by atoms with Crippen LogP contribution in [0.2, 0.25) is 5.15 Å². The van der Waals surface area contributed by atoms with Gasteiger partial charge in [-0.25, -0.2) is 9.37 Å². The van der Waals surface area contributed by atoms with Crippen molar-refractivity contribution in [2.75, 3.05) is 0 Å². The number of rotatable bonds is 5. The topological polar surface area (TPSA) is 59.8 Å². The highest BCUT2D eigenvalue weighted by atomic mass is 35.5. The van der Waals surface area contributed by atoms with Crippen molar-refractivity contribution < 1.29 is 9.18 Å². The summed E-state index contributed by atoms with van der Waals surface area (Å²) in [5.41, 5.74) is 3.93. The highest BCUT2D eigenvalue weighted by molar-refractivity contribution is 6.30. The van der Waals surface area contributed by atoms with Crippen LogP contribution < -0.4 is 5.32 Å². The fourth-order valence-corrected chi connectivity index (χ4v) is 2.86. The third-order valence-electron chi connectivity index (χ3n) is 3.94. The number of nitrogens with zero attached hydrogens (tertiary/aromatic N) is 3. The number of hydrogen-bond acceptors (Lipinski definition) is 3. The molecule has 0 aliphatic rings. The van der Waals surface area contributed by atoms with E-state index in [0.29, 0.717) is 17.7 Å². The highest BCUT2D eigenvalue weighted by Gasteiger charge is 2.10. The summed E-state index contributed by atoms with van der Waals surface area (Å²) in [5, 5.41) is 7.34. The summed E-state index contributed by atoms with van der Waals surface area (Å²) in [6.07, 6.45) is 1.04. The first-order chi connectivity index (χ1) is 12.4. The van der Waals surface area contributed by atoms with E-state index in [9.17, 15) is 9.18 Å². The fraction of sp³-hybridized carbons (Fsp3) is 0.211. The van der Waals surface area contributed by atoms with Crippen LogP contribution in [-0.2, 0) is 13.1 Å². The van der Waals surface area contributed by atoms with Gasteiger partial charge in [0.1, 0.15) is 11.0 Å². The Morgan fingerprint density at radius 2 is 2.08 bits per heavy atom. The van der Waals surface area contributed by atoms with Crippen molar-refractivity contribution in [3.63, 3.8) is 0 Å². The van der Waals surface area contributed by atoms with Crippen molar-refractivity contribution in [2.45, 2.75) is 26.9 Å². The lowest BCUT2D eigenvalue weighted by Crippen LogP contribution is -2.23. The quantitative estimate of drug-likeness (QED) is 0.695. The number of pyridine rings is 1. The molecule has 5 nitrogen and oxygen atoms in total. The van der Waals surface area contributed by atoms with Gasteiger partial charge in [0.05, 0.1) is 18.4 Å². The predicted octanol–water partition coefficient (Wildman–Crippen LogP) is 3.67. The zero-order chi connectivity index (χ0) is 18.7. The van der Waals surface area contributed by atoms with Crippen LogP contribution in [0.3, 0.4) is 0 Å². The van der Waals surface area contributed by atoms with Crippen LogP contribution in [0, 0.1) is 19.7 Å². The lowest BCUT2D eigenvalue weighted by molar-refractivity contribution is 0.0950. The first-order valence-corrected chi connectivity index (χ1v) is 8.48. The molecule has 0 spiro atoms. The molecule has 0 saturated heterocycles. The van der Waals surface area contributed by atoms with E-state index in [1.54, 1.807) is 6.07 Å². The number of benzene rings is 1. The van der Waals surface area contributed by atoms with Gasteiger partial charge in [-0.2, -0.15) is 5.10 Å². The molecule has 1 aromatic carbocycles. The molecule has 2 aromatic heterocycles. The summed E-state index contributed by atoms with van der Waals surface area (Å²) in [7, 11) is 0. The van der Waals surface area contributed by atoms with Gasteiger partial charge in [0.2, 0.25) is 0 Å². The van der Waals surface area contributed by atoms with E-state index in [1.807, 2.05) is 42.8 Å². The van der Waals surface area contributed by atoms with Crippen molar-refractivity contribution in [3.05, 3.63) is 81.6 Å².